The lowest BCUT2D eigenvalue weighted by Gasteiger charge is -2.12. The Morgan fingerprint density at radius 1 is 0.967 bits per heavy atom. The summed E-state index contributed by atoms with van der Waals surface area (Å²) in [6.45, 7) is 6.47. The molecular weight excluding hydrogens is 379 g/mol. The molecule has 4 rings (SSSR count). The van der Waals surface area contributed by atoms with Crippen LogP contribution in [0.15, 0.2) is 54.9 Å². The Bertz CT molecular complexity index is 1180. The Morgan fingerprint density at radius 2 is 1.80 bits per heavy atom. The van der Waals surface area contributed by atoms with E-state index in [4.69, 9.17) is 9.72 Å². The molecule has 0 radical (unpaired) electrons. The number of pyridine rings is 2. The highest BCUT2D eigenvalue weighted by atomic mass is 19.1. The molecule has 152 valence electrons. The molecule has 0 amide bonds. The first-order valence-electron chi connectivity index (χ1n) is 9.73. The number of benzene rings is 1. The van der Waals surface area contributed by atoms with Gasteiger partial charge in [-0.25, -0.2) is 9.97 Å². The van der Waals surface area contributed by atoms with E-state index < -0.39 is 5.95 Å². The van der Waals surface area contributed by atoms with Crippen LogP contribution in [0.3, 0.4) is 0 Å². The number of hydrogen-bond acceptors (Lipinski definition) is 4. The van der Waals surface area contributed by atoms with Crippen molar-refractivity contribution in [3.63, 3.8) is 0 Å². The van der Waals surface area contributed by atoms with E-state index in [1.165, 1.54) is 12.3 Å². The number of ether oxygens (including phenoxy) is 1. The number of halogens is 1. The maximum atomic E-state index is 13.2. The molecule has 30 heavy (non-hydrogen) atoms. The summed E-state index contributed by atoms with van der Waals surface area (Å²) in [4.78, 5) is 12.7. The second-order valence-electron chi connectivity index (χ2n) is 7.37. The Morgan fingerprint density at radius 3 is 2.47 bits per heavy atom. The van der Waals surface area contributed by atoms with Crippen molar-refractivity contribution in [2.45, 2.75) is 27.4 Å². The van der Waals surface area contributed by atoms with Crippen LogP contribution >= 0.6 is 0 Å². The Kier molecular flexibility index (Phi) is 5.31. The summed E-state index contributed by atoms with van der Waals surface area (Å²) in [5.74, 6) is 1.05. The van der Waals surface area contributed by atoms with E-state index in [1.54, 1.807) is 6.07 Å². The molecule has 1 aromatic carbocycles. The van der Waals surface area contributed by atoms with Crippen LogP contribution in [0.4, 0.5) is 4.39 Å². The number of aryl methyl sites for hydroxylation is 3. The SMILES string of the molecule is Cc1ccc(COc2ccc(-c3c(C)nc(-c4ccc(F)nc4)n3C)c(C)c2)cn1. The quantitative estimate of drug-likeness (QED) is 0.431. The van der Waals surface area contributed by atoms with Crippen LogP contribution in [-0.4, -0.2) is 19.5 Å². The lowest BCUT2D eigenvalue weighted by Crippen LogP contribution is -1.99. The highest BCUT2D eigenvalue weighted by molar-refractivity contribution is 5.71. The van der Waals surface area contributed by atoms with Gasteiger partial charge in [-0.3, -0.25) is 4.98 Å². The minimum Gasteiger partial charge on any atom is -0.489 e. The van der Waals surface area contributed by atoms with Crippen molar-refractivity contribution < 1.29 is 9.13 Å². The maximum absolute atomic E-state index is 13.2. The van der Waals surface area contributed by atoms with E-state index in [0.717, 1.165) is 50.9 Å². The monoisotopic (exact) mass is 402 g/mol. The average molecular weight is 402 g/mol. The molecule has 0 atom stereocenters. The van der Waals surface area contributed by atoms with Crippen LogP contribution in [-0.2, 0) is 13.7 Å². The first-order chi connectivity index (χ1) is 14.4. The number of imidazole rings is 1. The normalized spacial score (nSPS) is 11.0. The largest absolute Gasteiger partial charge is 0.489 e. The van der Waals surface area contributed by atoms with Crippen LogP contribution in [0.2, 0.25) is 0 Å². The molecule has 0 aliphatic rings. The summed E-state index contributed by atoms with van der Waals surface area (Å²) in [6, 6.07) is 13.1. The van der Waals surface area contributed by atoms with Gasteiger partial charge in [0, 0.05) is 41.8 Å². The maximum Gasteiger partial charge on any atom is 0.212 e. The zero-order valence-corrected chi connectivity index (χ0v) is 17.5. The lowest BCUT2D eigenvalue weighted by atomic mass is 10.0. The minimum absolute atomic E-state index is 0.471. The Balaban J connectivity index is 1.60. The summed E-state index contributed by atoms with van der Waals surface area (Å²) in [5.41, 5.74) is 6.87. The van der Waals surface area contributed by atoms with E-state index >= 15 is 0 Å². The van der Waals surface area contributed by atoms with Crippen molar-refractivity contribution in [1.29, 1.82) is 0 Å². The van der Waals surface area contributed by atoms with E-state index in [2.05, 4.69) is 23.0 Å². The predicted molar refractivity (Wildman–Crippen MR) is 115 cm³/mol. The summed E-state index contributed by atoms with van der Waals surface area (Å²) < 4.78 is 21.1. The van der Waals surface area contributed by atoms with Crippen molar-refractivity contribution in [3.8, 4) is 28.4 Å². The summed E-state index contributed by atoms with van der Waals surface area (Å²) in [7, 11) is 1.96. The van der Waals surface area contributed by atoms with Gasteiger partial charge in [0.25, 0.3) is 0 Å². The molecule has 6 heteroatoms. The molecule has 0 bridgehead atoms. The zero-order chi connectivity index (χ0) is 21.3. The predicted octanol–water partition coefficient (Wildman–Crippen LogP) is 5.19. The standard InChI is InChI=1S/C24H23FN4O/c1-15-11-20(30-14-18-6-5-16(2)26-12-18)8-9-21(15)23-17(3)28-24(29(23)4)19-7-10-22(25)27-13-19/h5-13H,14H2,1-4H3. The second-order valence-corrected chi connectivity index (χ2v) is 7.37. The van der Waals surface area contributed by atoms with Gasteiger partial charge in [0.05, 0.1) is 11.4 Å². The Labute approximate surface area is 175 Å². The van der Waals surface area contributed by atoms with E-state index in [1.807, 2.05) is 55.9 Å². The van der Waals surface area contributed by atoms with Gasteiger partial charge in [-0.2, -0.15) is 4.39 Å². The topological polar surface area (TPSA) is 52.8 Å². The molecule has 0 spiro atoms. The van der Waals surface area contributed by atoms with Crippen LogP contribution in [0, 0.1) is 26.7 Å². The van der Waals surface area contributed by atoms with Gasteiger partial charge < -0.3 is 9.30 Å². The van der Waals surface area contributed by atoms with Crippen molar-refractivity contribution in [2.24, 2.45) is 7.05 Å². The van der Waals surface area contributed by atoms with Crippen LogP contribution in [0.5, 0.6) is 5.75 Å². The third kappa shape index (κ3) is 3.94. The Hall–Kier alpha value is -3.54. The molecule has 0 saturated carbocycles. The molecule has 0 saturated heterocycles. The second kappa shape index (κ2) is 8.06. The average Bonchev–Trinajstić information content (AvgIpc) is 3.02. The minimum atomic E-state index is -0.502. The summed E-state index contributed by atoms with van der Waals surface area (Å²) in [6.07, 6.45) is 3.34. The van der Waals surface area contributed by atoms with Crippen LogP contribution in [0.1, 0.15) is 22.5 Å². The molecule has 4 aromatic rings. The lowest BCUT2D eigenvalue weighted by molar-refractivity contribution is 0.305. The number of rotatable bonds is 5. The smallest absolute Gasteiger partial charge is 0.212 e. The van der Waals surface area contributed by atoms with E-state index in [-0.39, 0.29) is 0 Å². The third-order valence-electron chi connectivity index (χ3n) is 5.09. The first-order valence-corrected chi connectivity index (χ1v) is 9.73. The van der Waals surface area contributed by atoms with Crippen molar-refractivity contribution >= 4 is 0 Å². The van der Waals surface area contributed by atoms with Crippen LogP contribution in [0.25, 0.3) is 22.6 Å². The van der Waals surface area contributed by atoms with E-state index in [0.29, 0.717) is 6.61 Å². The van der Waals surface area contributed by atoms with Gasteiger partial charge >= 0.3 is 0 Å². The van der Waals surface area contributed by atoms with Gasteiger partial charge in [0.2, 0.25) is 5.95 Å². The fourth-order valence-electron chi connectivity index (χ4n) is 3.52. The summed E-state index contributed by atoms with van der Waals surface area (Å²) >= 11 is 0. The molecule has 0 aliphatic heterocycles. The van der Waals surface area contributed by atoms with Gasteiger partial charge in [0.1, 0.15) is 18.2 Å². The van der Waals surface area contributed by atoms with E-state index in [9.17, 15) is 4.39 Å². The molecule has 3 aromatic heterocycles. The molecule has 5 nitrogen and oxygen atoms in total. The van der Waals surface area contributed by atoms with Gasteiger partial charge in [-0.15, -0.1) is 0 Å². The first kappa shape index (κ1) is 19.8. The fourth-order valence-corrected chi connectivity index (χ4v) is 3.52. The number of nitrogens with zero attached hydrogens (tertiary/aromatic N) is 4. The van der Waals surface area contributed by atoms with Gasteiger partial charge in [-0.05, 0) is 62.7 Å². The molecule has 3 heterocycles. The number of aromatic nitrogens is 4. The van der Waals surface area contributed by atoms with Crippen LogP contribution < -0.4 is 4.74 Å². The van der Waals surface area contributed by atoms with Gasteiger partial charge in [0.15, 0.2) is 0 Å². The van der Waals surface area contributed by atoms with Gasteiger partial charge in [-0.1, -0.05) is 6.07 Å². The summed E-state index contributed by atoms with van der Waals surface area (Å²) in [5, 5.41) is 0. The molecule has 0 unspecified atom stereocenters. The van der Waals surface area contributed by atoms with Crippen molar-refractivity contribution in [1.82, 2.24) is 19.5 Å². The third-order valence-corrected chi connectivity index (χ3v) is 5.09. The number of hydrogen-bond donors (Lipinski definition) is 0. The molecule has 0 fully saturated rings. The molecular formula is C24H23FN4O. The highest BCUT2D eigenvalue weighted by Crippen LogP contribution is 2.32. The molecule has 0 aliphatic carbocycles. The zero-order valence-electron chi connectivity index (χ0n) is 17.5. The highest BCUT2D eigenvalue weighted by Gasteiger charge is 2.17. The van der Waals surface area contributed by atoms with Crippen molar-refractivity contribution in [2.75, 3.05) is 0 Å². The fraction of sp³-hybridized carbons (Fsp3) is 0.208. The molecule has 0 N–H and O–H groups in total. The van der Waals surface area contributed by atoms with Crippen molar-refractivity contribution in [3.05, 3.63) is 83.3 Å².